The van der Waals surface area contributed by atoms with Gasteiger partial charge in [-0.3, -0.25) is 0 Å². The molecule has 0 aliphatic carbocycles. The summed E-state index contributed by atoms with van der Waals surface area (Å²) in [6.07, 6.45) is 1.19. The fourth-order valence-electron chi connectivity index (χ4n) is 1.78. The number of benzene rings is 2. The van der Waals surface area contributed by atoms with Gasteiger partial charge >= 0.3 is 0 Å². The minimum atomic E-state index is -3.15. The molecule has 18 heavy (non-hydrogen) atoms. The summed E-state index contributed by atoms with van der Waals surface area (Å²) in [7, 11) is -3.15. The van der Waals surface area contributed by atoms with E-state index in [4.69, 9.17) is 5.73 Å². The van der Waals surface area contributed by atoms with Crippen LogP contribution in [0, 0.1) is 0 Å². The van der Waals surface area contributed by atoms with E-state index in [9.17, 15) is 8.42 Å². The lowest BCUT2D eigenvalue weighted by Gasteiger charge is -2.12. The van der Waals surface area contributed by atoms with Crippen LogP contribution in [-0.4, -0.2) is 14.7 Å². The molecule has 0 amide bonds. The lowest BCUT2D eigenvalue weighted by Crippen LogP contribution is -2.11. The van der Waals surface area contributed by atoms with E-state index >= 15 is 0 Å². The van der Waals surface area contributed by atoms with Gasteiger partial charge in [0.25, 0.3) is 0 Å². The summed E-state index contributed by atoms with van der Waals surface area (Å²) in [5, 5.41) is 0. The van der Waals surface area contributed by atoms with E-state index in [0.29, 0.717) is 4.90 Å². The highest BCUT2D eigenvalue weighted by molar-refractivity contribution is 7.90. The average molecular weight is 261 g/mol. The van der Waals surface area contributed by atoms with Crippen molar-refractivity contribution in [3.8, 4) is 0 Å². The molecule has 0 fully saturated rings. The molecule has 0 aliphatic rings. The molecule has 2 N–H and O–H groups in total. The maximum atomic E-state index is 11.4. The van der Waals surface area contributed by atoms with Crippen LogP contribution in [0.15, 0.2) is 59.5 Å². The Balaban J connectivity index is 2.31. The first-order valence-electron chi connectivity index (χ1n) is 5.59. The van der Waals surface area contributed by atoms with Crippen LogP contribution in [0.1, 0.15) is 17.2 Å². The molecule has 2 aromatic rings. The van der Waals surface area contributed by atoms with Gasteiger partial charge in [-0.1, -0.05) is 42.5 Å². The molecule has 1 atom stereocenters. The topological polar surface area (TPSA) is 60.2 Å². The molecule has 0 bridgehead atoms. The number of hydrogen-bond acceptors (Lipinski definition) is 3. The molecule has 0 radical (unpaired) electrons. The van der Waals surface area contributed by atoms with Gasteiger partial charge in [0, 0.05) is 6.26 Å². The molecule has 0 heterocycles. The summed E-state index contributed by atoms with van der Waals surface area (Å²) >= 11 is 0. The molecule has 94 valence electrons. The number of sulfone groups is 1. The molecule has 3 nitrogen and oxygen atoms in total. The molecule has 4 heteroatoms. The van der Waals surface area contributed by atoms with Crippen LogP contribution in [0.25, 0.3) is 0 Å². The van der Waals surface area contributed by atoms with Crippen molar-refractivity contribution in [2.24, 2.45) is 5.73 Å². The van der Waals surface area contributed by atoms with Crippen LogP contribution in [0.2, 0.25) is 0 Å². The van der Waals surface area contributed by atoms with Crippen LogP contribution in [0.5, 0.6) is 0 Å². The molecule has 0 saturated carbocycles. The summed E-state index contributed by atoms with van der Waals surface area (Å²) in [5.74, 6) is 0. The molecule has 0 unspecified atom stereocenters. The third kappa shape index (κ3) is 2.78. The van der Waals surface area contributed by atoms with Crippen LogP contribution in [-0.2, 0) is 9.84 Å². The summed E-state index contributed by atoms with van der Waals surface area (Å²) in [4.78, 5) is 0.312. The second-order valence-corrected chi connectivity index (χ2v) is 6.25. The zero-order chi connectivity index (χ0) is 13.2. The lowest BCUT2D eigenvalue weighted by atomic mass is 10.00. The highest BCUT2D eigenvalue weighted by atomic mass is 32.2. The number of hydrogen-bond donors (Lipinski definition) is 1. The average Bonchev–Trinajstić information content (AvgIpc) is 2.38. The van der Waals surface area contributed by atoms with E-state index in [2.05, 4.69) is 0 Å². The summed E-state index contributed by atoms with van der Waals surface area (Å²) < 4.78 is 22.7. The van der Waals surface area contributed by atoms with Crippen molar-refractivity contribution in [1.82, 2.24) is 0 Å². The third-order valence-corrected chi connectivity index (χ3v) is 3.95. The van der Waals surface area contributed by atoms with Gasteiger partial charge in [0.15, 0.2) is 9.84 Å². The first kappa shape index (κ1) is 12.8. The van der Waals surface area contributed by atoms with E-state index in [0.717, 1.165) is 11.1 Å². The van der Waals surface area contributed by atoms with Crippen molar-refractivity contribution in [2.75, 3.05) is 6.26 Å². The van der Waals surface area contributed by atoms with Crippen molar-refractivity contribution in [1.29, 1.82) is 0 Å². The maximum Gasteiger partial charge on any atom is 0.175 e. The largest absolute Gasteiger partial charge is 0.320 e. The number of nitrogens with two attached hydrogens (primary N) is 1. The monoisotopic (exact) mass is 261 g/mol. The van der Waals surface area contributed by atoms with Crippen molar-refractivity contribution in [3.63, 3.8) is 0 Å². The third-order valence-electron chi connectivity index (χ3n) is 2.83. The van der Waals surface area contributed by atoms with Gasteiger partial charge in [0.1, 0.15) is 0 Å². The van der Waals surface area contributed by atoms with Gasteiger partial charge in [0.05, 0.1) is 10.9 Å². The van der Waals surface area contributed by atoms with E-state index < -0.39 is 9.84 Å². The van der Waals surface area contributed by atoms with Gasteiger partial charge in [-0.25, -0.2) is 8.42 Å². The van der Waals surface area contributed by atoms with E-state index in [1.54, 1.807) is 24.3 Å². The van der Waals surface area contributed by atoms with Gasteiger partial charge in [-0.2, -0.15) is 0 Å². The normalized spacial score (nSPS) is 13.2. The van der Waals surface area contributed by atoms with Crippen molar-refractivity contribution in [3.05, 3.63) is 65.7 Å². The number of rotatable bonds is 3. The molecular formula is C14H15NO2S. The molecule has 0 aromatic heterocycles. The van der Waals surface area contributed by atoms with Crippen LogP contribution < -0.4 is 5.73 Å². The summed E-state index contributed by atoms with van der Waals surface area (Å²) in [6, 6.07) is 16.2. The fourth-order valence-corrected chi connectivity index (χ4v) is 2.41. The standard InChI is InChI=1S/C14H15NO2S/c1-18(16,17)13-9-7-12(8-10-13)14(15)11-5-3-2-4-6-11/h2-10,14H,15H2,1H3/t14-/m1/s1. The predicted octanol–water partition coefficient (Wildman–Crippen LogP) is 2.14. The van der Waals surface area contributed by atoms with Crippen molar-refractivity contribution >= 4 is 9.84 Å². The van der Waals surface area contributed by atoms with Crippen LogP contribution >= 0.6 is 0 Å². The minimum Gasteiger partial charge on any atom is -0.320 e. The Morgan fingerprint density at radius 2 is 1.39 bits per heavy atom. The summed E-state index contributed by atoms with van der Waals surface area (Å²) in [5.41, 5.74) is 8.03. The molecular weight excluding hydrogens is 246 g/mol. The Morgan fingerprint density at radius 3 is 1.89 bits per heavy atom. The van der Waals surface area contributed by atoms with Gasteiger partial charge in [0.2, 0.25) is 0 Å². The molecule has 2 rings (SSSR count). The van der Waals surface area contributed by atoms with Gasteiger partial charge < -0.3 is 5.73 Å². The quantitative estimate of drug-likeness (QED) is 0.920. The predicted molar refractivity (Wildman–Crippen MR) is 72.0 cm³/mol. The first-order chi connectivity index (χ1) is 8.48. The van der Waals surface area contributed by atoms with E-state index in [-0.39, 0.29) is 6.04 Å². The van der Waals surface area contributed by atoms with Crippen molar-refractivity contribution < 1.29 is 8.42 Å². The first-order valence-corrected chi connectivity index (χ1v) is 7.48. The van der Waals surface area contributed by atoms with Gasteiger partial charge in [-0.15, -0.1) is 0 Å². The van der Waals surface area contributed by atoms with Crippen LogP contribution in [0.4, 0.5) is 0 Å². The maximum absolute atomic E-state index is 11.4. The summed E-state index contributed by atoms with van der Waals surface area (Å²) in [6.45, 7) is 0. The SMILES string of the molecule is CS(=O)(=O)c1ccc([C@H](N)c2ccccc2)cc1. The second kappa shape index (κ2) is 4.92. The highest BCUT2D eigenvalue weighted by Gasteiger charge is 2.10. The Labute approximate surface area is 107 Å². The Morgan fingerprint density at radius 1 is 0.889 bits per heavy atom. The molecule has 0 spiro atoms. The Bertz CT molecular complexity index is 619. The Hall–Kier alpha value is -1.65. The van der Waals surface area contributed by atoms with E-state index in [1.165, 1.54) is 6.26 Å². The molecule has 0 saturated heterocycles. The highest BCUT2D eigenvalue weighted by Crippen LogP contribution is 2.20. The minimum absolute atomic E-state index is 0.236. The second-order valence-electron chi connectivity index (χ2n) is 4.23. The van der Waals surface area contributed by atoms with Crippen molar-refractivity contribution in [2.45, 2.75) is 10.9 Å². The zero-order valence-corrected chi connectivity index (χ0v) is 10.9. The Kier molecular flexibility index (Phi) is 3.50. The zero-order valence-electron chi connectivity index (χ0n) is 10.1. The fraction of sp³-hybridized carbons (Fsp3) is 0.143. The van der Waals surface area contributed by atoms with Crippen LogP contribution in [0.3, 0.4) is 0 Å². The van der Waals surface area contributed by atoms with E-state index in [1.807, 2.05) is 30.3 Å². The molecule has 2 aromatic carbocycles. The smallest absolute Gasteiger partial charge is 0.175 e. The molecule has 0 aliphatic heterocycles. The van der Waals surface area contributed by atoms with Gasteiger partial charge in [-0.05, 0) is 23.3 Å². The lowest BCUT2D eigenvalue weighted by molar-refractivity contribution is 0.602.